The predicted molar refractivity (Wildman–Crippen MR) is 55.3 cm³/mol. The van der Waals surface area contributed by atoms with Crippen molar-refractivity contribution in [1.82, 2.24) is 9.55 Å². The van der Waals surface area contributed by atoms with Gasteiger partial charge in [0.25, 0.3) is 0 Å². The van der Waals surface area contributed by atoms with Crippen LogP contribution in [0.25, 0.3) is 0 Å². The molecule has 15 heavy (non-hydrogen) atoms. The molecule has 1 atom stereocenters. The van der Waals surface area contributed by atoms with Gasteiger partial charge in [0.2, 0.25) is 0 Å². The number of aliphatic hydroxyl groups excluding tert-OH is 1. The summed E-state index contributed by atoms with van der Waals surface area (Å²) in [6, 6.07) is 0.0825. The van der Waals surface area contributed by atoms with Crippen LogP contribution in [0.4, 0.5) is 0 Å². The summed E-state index contributed by atoms with van der Waals surface area (Å²) >= 11 is 0. The Morgan fingerprint density at radius 2 is 2.47 bits per heavy atom. The van der Waals surface area contributed by atoms with Gasteiger partial charge in [-0.25, -0.2) is 4.98 Å². The van der Waals surface area contributed by atoms with Gasteiger partial charge in [-0.05, 0) is 12.8 Å². The summed E-state index contributed by atoms with van der Waals surface area (Å²) in [5.74, 6) is 0. The number of imidazole rings is 1. The van der Waals surface area contributed by atoms with E-state index in [9.17, 15) is 0 Å². The number of rotatable bonds is 4. The highest BCUT2D eigenvalue weighted by atomic mass is 16.5. The lowest BCUT2D eigenvalue weighted by molar-refractivity contribution is 0.00496. The molecule has 1 aliphatic carbocycles. The maximum Gasteiger partial charge on any atom is 0.0951 e. The maximum atomic E-state index is 9.01. The fraction of sp³-hybridized carbons (Fsp3) is 0.700. The highest BCUT2D eigenvalue weighted by Gasteiger charge is 2.31. The monoisotopic (exact) mass is 211 g/mol. The van der Waals surface area contributed by atoms with Gasteiger partial charge >= 0.3 is 0 Å². The largest absolute Gasteiger partial charge is 0.394 e. The van der Waals surface area contributed by atoms with Crippen LogP contribution in [0, 0.1) is 0 Å². The Morgan fingerprint density at radius 3 is 3.07 bits per heavy atom. The van der Waals surface area contributed by atoms with Crippen LogP contribution in [0.5, 0.6) is 0 Å². The molecule has 0 amide bonds. The van der Waals surface area contributed by atoms with Crippen molar-refractivity contribution in [2.24, 2.45) is 5.73 Å². The van der Waals surface area contributed by atoms with Gasteiger partial charge < -0.3 is 20.1 Å². The normalized spacial score (nSPS) is 27.4. The molecule has 1 aromatic rings. The quantitative estimate of drug-likeness (QED) is 0.747. The molecule has 1 aliphatic rings. The summed E-state index contributed by atoms with van der Waals surface area (Å²) in [5.41, 5.74) is 6.68. The molecule has 0 bridgehead atoms. The lowest BCUT2D eigenvalue weighted by atomic mass is 9.88. The fourth-order valence-electron chi connectivity index (χ4n) is 1.96. The molecular formula is C10H17N3O2. The van der Waals surface area contributed by atoms with Crippen LogP contribution in [-0.4, -0.2) is 34.5 Å². The average molecular weight is 211 g/mol. The van der Waals surface area contributed by atoms with Crippen molar-refractivity contribution in [1.29, 1.82) is 0 Å². The number of methoxy groups -OCH3 is 1. The van der Waals surface area contributed by atoms with E-state index in [0.29, 0.717) is 12.1 Å². The number of nitrogens with two attached hydrogens (primary N) is 1. The van der Waals surface area contributed by atoms with Crippen LogP contribution < -0.4 is 5.73 Å². The van der Waals surface area contributed by atoms with Crippen LogP contribution in [0.1, 0.15) is 30.6 Å². The third kappa shape index (κ3) is 1.90. The first-order valence-electron chi connectivity index (χ1n) is 5.17. The van der Waals surface area contributed by atoms with E-state index >= 15 is 0 Å². The maximum absolute atomic E-state index is 9.01. The van der Waals surface area contributed by atoms with Gasteiger partial charge in [0.05, 0.1) is 30.8 Å². The molecule has 0 spiro atoms. The number of aliphatic hydroxyl groups is 1. The Morgan fingerprint density at radius 1 is 1.73 bits per heavy atom. The average Bonchev–Trinajstić information content (AvgIpc) is 2.64. The smallest absolute Gasteiger partial charge is 0.0951 e. The summed E-state index contributed by atoms with van der Waals surface area (Å²) < 4.78 is 7.28. The fourth-order valence-corrected chi connectivity index (χ4v) is 1.96. The van der Waals surface area contributed by atoms with E-state index in [1.807, 2.05) is 0 Å². The van der Waals surface area contributed by atoms with E-state index in [2.05, 4.69) is 9.55 Å². The van der Waals surface area contributed by atoms with Crippen molar-refractivity contribution in [3.63, 3.8) is 0 Å². The Bertz CT molecular complexity index is 320. The number of aromatic nitrogens is 2. The van der Waals surface area contributed by atoms with Gasteiger partial charge in [-0.2, -0.15) is 0 Å². The van der Waals surface area contributed by atoms with Crippen molar-refractivity contribution in [2.45, 2.75) is 31.0 Å². The second-order valence-electron chi connectivity index (χ2n) is 4.00. The van der Waals surface area contributed by atoms with Crippen molar-refractivity contribution >= 4 is 0 Å². The Balaban J connectivity index is 2.06. The molecule has 0 aromatic carbocycles. The molecule has 1 aromatic heterocycles. The zero-order valence-electron chi connectivity index (χ0n) is 8.84. The highest BCUT2D eigenvalue weighted by molar-refractivity contribution is 5.08. The van der Waals surface area contributed by atoms with Gasteiger partial charge in [-0.15, -0.1) is 0 Å². The first kappa shape index (κ1) is 10.6. The topological polar surface area (TPSA) is 73.3 Å². The Labute approximate surface area is 88.9 Å². The van der Waals surface area contributed by atoms with Gasteiger partial charge in [0.1, 0.15) is 0 Å². The van der Waals surface area contributed by atoms with Crippen LogP contribution in [0.15, 0.2) is 12.5 Å². The minimum atomic E-state index is -0.339. The van der Waals surface area contributed by atoms with Gasteiger partial charge in [0, 0.05) is 19.3 Å². The molecule has 1 saturated carbocycles. The molecule has 1 unspecified atom stereocenters. The van der Waals surface area contributed by atoms with E-state index in [1.165, 1.54) is 0 Å². The minimum Gasteiger partial charge on any atom is -0.394 e. The molecule has 2 rings (SSSR count). The molecule has 0 saturated heterocycles. The van der Waals surface area contributed by atoms with Crippen LogP contribution in [-0.2, 0) is 4.74 Å². The van der Waals surface area contributed by atoms with Crippen molar-refractivity contribution in [3.05, 3.63) is 18.2 Å². The van der Waals surface area contributed by atoms with Gasteiger partial charge in [0.15, 0.2) is 0 Å². The van der Waals surface area contributed by atoms with E-state index < -0.39 is 0 Å². The van der Waals surface area contributed by atoms with E-state index in [4.69, 9.17) is 15.6 Å². The molecule has 3 N–H and O–H groups in total. The second kappa shape index (κ2) is 4.30. The lowest BCUT2D eigenvalue weighted by Gasteiger charge is -2.36. The Kier molecular flexibility index (Phi) is 3.04. The molecular weight excluding hydrogens is 194 g/mol. The molecule has 0 radical (unpaired) electrons. The summed E-state index contributed by atoms with van der Waals surface area (Å²) in [6.07, 6.45) is 5.86. The highest BCUT2D eigenvalue weighted by Crippen LogP contribution is 2.35. The molecule has 0 aliphatic heterocycles. The minimum absolute atomic E-state index is 0.0495. The second-order valence-corrected chi connectivity index (χ2v) is 4.00. The van der Waals surface area contributed by atoms with E-state index in [-0.39, 0.29) is 12.6 Å². The third-order valence-electron chi connectivity index (χ3n) is 3.07. The molecule has 1 heterocycles. The SMILES string of the molecule is COC1CC(n2cncc2C(N)CO)C1. The molecule has 5 heteroatoms. The van der Waals surface area contributed by atoms with Crippen LogP contribution in [0.2, 0.25) is 0 Å². The molecule has 5 nitrogen and oxygen atoms in total. The standard InChI is InChI=1S/C10H17N3O2/c1-15-8-2-7(3-8)13-6-12-4-10(13)9(11)5-14/h4,6-9,14H,2-3,5,11H2,1H3. The van der Waals surface area contributed by atoms with E-state index in [0.717, 1.165) is 18.5 Å². The molecule has 84 valence electrons. The third-order valence-corrected chi connectivity index (χ3v) is 3.07. The van der Waals surface area contributed by atoms with Crippen molar-refractivity contribution in [3.8, 4) is 0 Å². The van der Waals surface area contributed by atoms with Crippen LogP contribution in [0.3, 0.4) is 0 Å². The molecule has 1 fully saturated rings. The summed E-state index contributed by atoms with van der Waals surface area (Å²) in [5, 5.41) is 9.01. The lowest BCUT2D eigenvalue weighted by Crippen LogP contribution is -2.34. The number of ether oxygens (including phenoxy) is 1. The van der Waals surface area contributed by atoms with E-state index in [1.54, 1.807) is 19.6 Å². The Hall–Kier alpha value is -0.910. The zero-order valence-corrected chi connectivity index (χ0v) is 8.84. The zero-order chi connectivity index (χ0) is 10.8. The number of nitrogens with zero attached hydrogens (tertiary/aromatic N) is 2. The summed E-state index contributed by atoms with van der Waals surface area (Å²) in [7, 11) is 1.73. The van der Waals surface area contributed by atoms with Crippen molar-refractivity contribution in [2.75, 3.05) is 13.7 Å². The summed E-state index contributed by atoms with van der Waals surface area (Å²) in [4.78, 5) is 4.08. The number of hydrogen-bond donors (Lipinski definition) is 2. The first-order chi connectivity index (χ1) is 7.26. The number of hydrogen-bond acceptors (Lipinski definition) is 4. The predicted octanol–water partition coefficient (Wildman–Crippen LogP) is 0.225. The van der Waals surface area contributed by atoms with Crippen LogP contribution >= 0.6 is 0 Å². The van der Waals surface area contributed by atoms with Gasteiger partial charge in [-0.3, -0.25) is 0 Å². The van der Waals surface area contributed by atoms with Gasteiger partial charge in [-0.1, -0.05) is 0 Å². The first-order valence-corrected chi connectivity index (χ1v) is 5.17. The summed E-state index contributed by atoms with van der Waals surface area (Å²) in [6.45, 7) is -0.0495. The van der Waals surface area contributed by atoms with Crippen molar-refractivity contribution < 1.29 is 9.84 Å².